The van der Waals surface area contributed by atoms with Crippen molar-refractivity contribution in [2.24, 2.45) is 0 Å². The fourth-order valence-electron chi connectivity index (χ4n) is 2.72. The van der Waals surface area contributed by atoms with Gasteiger partial charge in [0.1, 0.15) is 5.54 Å². The normalized spacial score (nSPS) is 19.0. The highest BCUT2D eigenvalue weighted by Gasteiger charge is 2.43. The van der Waals surface area contributed by atoms with Crippen LogP contribution in [0.15, 0.2) is 42.5 Å². The summed E-state index contributed by atoms with van der Waals surface area (Å²) >= 11 is 12.2. The van der Waals surface area contributed by atoms with Crippen molar-refractivity contribution in [2.75, 3.05) is 5.32 Å². The highest BCUT2D eigenvalue weighted by Crippen LogP contribution is 2.27. The Bertz CT molecular complexity index is 896. The maximum atomic E-state index is 12.3. The number of carbonyl (C=O) groups is 3. The molecular formula is C18H15Cl2N3O3. The van der Waals surface area contributed by atoms with Gasteiger partial charge in [-0.1, -0.05) is 41.4 Å². The summed E-state index contributed by atoms with van der Waals surface area (Å²) < 4.78 is 0. The van der Waals surface area contributed by atoms with Crippen LogP contribution in [-0.4, -0.2) is 17.8 Å². The van der Waals surface area contributed by atoms with Crippen LogP contribution in [-0.2, 0) is 21.5 Å². The van der Waals surface area contributed by atoms with Gasteiger partial charge in [-0.05, 0) is 42.3 Å². The van der Waals surface area contributed by atoms with Crippen molar-refractivity contribution in [3.8, 4) is 0 Å². The summed E-state index contributed by atoms with van der Waals surface area (Å²) in [7, 11) is 0. The first kappa shape index (κ1) is 18.2. The van der Waals surface area contributed by atoms with Gasteiger partial charge in [-0.25, -0.2) is 4.79 Å². The van der Waals surface area contributed by atoms with Crippen LogP contribution >= 0.6 is 23.2 Å². The number of hydrogen-bond acceptors (Lipinski definition) is 3. The van der Waals surface area contributed by atoms with Gasteiger partial charge in [0.25, 0.3) is 5.91 Å². The van der Waals surface area contributed by atoms with E-state index in [0.717, 1.165) is 0 Å². The lowest BCUT2D eigenvalue weighted by molar-refractivity contribution is -0.123. The molecule has 134 valence electrons. The Morgan fingerprint density at radius 3 is 2.38 bits per heavy atom. The Morgan fingerprint density at radius 2 is 1.77 bits per heavy atom. The number of halogens is 2. The first-order valence-corrected chi connectivity index (χ1v) is 8.52. The van der Waals surface area contributed by atoms with Crippen LogP contribution in [0.3, 0.4) is 0 Å². The summed E-state index contributed by atoms with van der Waals surface area (Å²) in [5.74, 6) is -0.754. The summed E-state index contributed by atoms with van der Waals surface area (Å²) in [6.07, 6.45) is 0.0111. The number of urea groups is 1. The van der Waals surface area contributed by atoms with Gasteiger partial charge in [-0.15, -0.1) is 0 Å². The Labute approximate surface area is 159 Å². The molecule has 2 aromatic rings. The van der Waals surface area contributed by atoms with Crippen molar-refractivity contribution < 1.29 is 14.4 Å². The summed E-state index contributed by atoms with van der Waals surface area (Å²) in [5, 5.41) is 8.37. The van der Waals surface area contributed by atoms with E-state index in [0.29, 0.717) is 26.9 Å². The molecule has 1 atom stereocenters. The van der Waals surface area contributed by atoms with E-state index < -0.39 is 17.5 Å². The zero-order valence-electron chi connectivity index (χ0n) is 13.7. The number of carbonyl (C=O) groups excluding carboxylic acids is 3. The lowest BCUT2D eigenvalue weighted by Crippen LogP contribution is -2.40. The molecule has 4 amide bonds. The van der Waals surface area contributed by atoms with E-state index in [1.807, 2.05) is 0 Å². The Balaban J connectivity index is 1.78. The van der Waals surface area contributed by atoms with Crippen molar-refractivity contribution in [3.63, 3.8) is 0 Å². The van der Waals surface area contributed by atoms with Crippen LogP contribution in [0.2, 0.25) is 10.0 Å². The van der Waals surface area contributed by atoms with Crippen molar-refractivity contribution in [2.45, 2.75) is 18.9 Å². The predicted octanol–water partition coefficient (Wildman–Crippen LogP) is 3.23. The molecule has 0 bridgehead atoms. The summed E-state index contributed by atoms with van der Waals surface area (Å²) in [5.41, 5.74) is 0.392. The van der Waals surface area contributed by atoms with Crippen molar-refractivity contribution in [1.29, 1.82) is 0 Å². The third-order valence-corrected chi connectivity index (χ3v) is 4.88. The molecule has 8 heteroatoms. The Hall–Kier alpha value is -2.57. The minimum atomic E-state index is -1.19. The van der Waals surface area contributed by atoms with Crippen LogP contribution in [0.4, 0.5) is 10.5 Å². The monoisotopic (exact) mass is 391 g/mol. The second-order valence-electron chi connectivity index (χ2n) is 6.04. The molecule has 3 rings (SSSR count). The molecule has 1 heterocycles. The Morgan fingerprint density at radius 1 is 1.12 bits per heavy atom. The van der Waals surface area contributed by atoms with E-state index in [1.54, 1.807) is 49.4 Å². The zero-order chi connectivity index (χ0) is 18.9. The van der Waals surface area contributed by atoms with E-state index in [-0.39, 0.29) is 12.3 Å². The first-order chi connectivity index (χ1) is 12.3. The smallest absolute Gasteiger partial charge is 0.322 e. The summed E-state index contributed by atoms with van der Waals surface area (Å²) in [6.45, 7) is 1.59. The number of imide groups is 1. The minimum Gasteiger partial charge on any atom is -0.326 e. The number of amides is 4. The van der Waals surface area contributed by atoms with Gasteiger partial charge in [-0.2, -0.15) is 0 Å². The van der Waals surface area contributed by atoms with Gasteiger partial charge in [-0.3, -0.25) is 14.9 Å². The average Bonchev–Trinajstić information content (AvgIpc) is 2.85. The molecule has 0 aromatic heterocycles. The van der Waals surface area contributed by atoms with Gasteiger partial charge in [0.15, 0.2) is 0 Å². The van der Waals surface area contributed by atoms with E-state index in [9.17, 15) is 14.4 Å². The molecule has 0 aliphatic carbocycles. The highest BCUT2D eigenvalue weighted by molar-refractivity contribution is 6.36. The second-order valence-corrected chi connectivity index (χ2v) is 6.85. The van der Waals surface area contributed by atoms with Crippen molar-refractivity contribution in [3.05, 3.63) is 63.6 Å². The van der Waals surface area contributed by atoms with Crippen LogP contribution in [0.25, 0.3) is 0 Å². The van der Waals surface area contributed by atoms with Crippen molar-refractivity contribution in [1.82, 2.24) is 10.6 Å². The zero-order valence-corrected chi connectivity index (χ0v) is 15.2. The molecule has 1 fully saturated rings. The molecule has 6 nitrogen and oxygen atoms in total. The molecule has 26 heavy (non-hydrogen) atoms. The van der Waals surface area contributed by atoms with Gasteiger partial charge < -0.3 is 10.6 Å². The van der Waals surface area contributed by atoms with Gasteiger partial charge in [0.05, 0.1) is 6.42 Å². The van der Waals surface area contributed by atoms with E-state index in [1.165, 1.54) is 0 Å². The van der Waals surface area contributed by atoms with E-state index in [2.05, 4.69) is 16.0 Å². The standard InChI is InChI=1S/C18H15Cl2N3O3/c1-18(16(25)22-17(26)23-18)10-4-2-5-11(8-10)21-15(24)9-12-13(19)6-3-7-14(12)20/h2-8H,9H2,1H3,(H,21,24)(H2,22,23,25,26)/t18-/m1/s1. The van der Waals surface area contributed by atoms with E-state index in [4.69, 9.17) is 23.2 Å². The molecule has 1 saturated heterocycles. The number of anilines is 1. The lowest BCUT2D eigenvalue weighted by atomic mass is 9.92. The molecule has 0 unspecified atom stereocenters. The summed E-state index contributed by atoms with van der Waals surface area (Å²) in [4.78, 5) is 35.8. The minimum absolute atomic E-state index is 0.0111. The predicted molar refractivity (Wildman–Crippen MR) is 99.3 cm³/mol. The van der Waals surface area contributed by atoms with Gasteiger partial charge in [0.2, 0.25) is 5.91 Å². The van der Waals surface area contributed by atoms with Gasteiger partial charge in [0, 0.05) is 15.7 Å². The lowest BCUT2D eigenvalue weighted by Gasteiger charge is -2.21. The molecule has 0 spiro atoms. The average molecular weight is 392 g/mol. The topological polar surface area (TPSA) is 87.3 Å². The fraction of sp³-hybridized carbons (Fsp3) is 0.167. The second kappa shape index (κ2) is 6.97. The molecule has 2 aromatic carbocycles. The molecular weight excluding hydrogens is 377 g/mol. The quantitative estimate of drug-likeness (QED) is 0.699. The van der Waals surface area contributed by atoms with Crippen LogP contribution in [0, 0.1) is 0 Å². The third-order valence-electron chi connectivity index (χ3n) is 4.17. The van der Waals surface area contributed by atoms with Crippen molar-refractivity contribution >= 4 is 46.7 Å². The van der Waals surface area contributed by atoms with Crippen LogP contribution in [0.1, 0.15) is 18.1 Å². The third kappa shape index (κ3) is 3.52. The molecule has 1 aliphatic rings. The molecule has 0 radical (unpaired) electrons. The molecule has 3 N–H and O–H groups in total. The number of hydrogen-bond donors (Lipinski definition) is 3. The van der Waals surface area contributed by atoms with Crippen LogP contribution in [0.5, 0.6) is 0 Å². The highest BCUT2D eigenvalue weighted by atomic mass is 35.5. The largest absolute Gasteiger partial charge is 0.326 e. The maximum absolute atomic E-state index is 12.3. The van der Waals surface area contributed by atoms with E-state index >= 15 is 0 Å². The van der Waals surface area contributed by atoms with Crippen LogP contribution < -0.4 is 16.0 Å². The number of benzene rings is 2. The SMILES string of the molecule is C[C@]1(c2cccc(NC(=O)Cc3c(Cl)cccc3Cl)c2)NC(=O)NC1=O. The van der Waals surface area contributed by atoms with Gasteiger partial charge >= 0.3 is 6.03 Å². The molecule has 0 saturated carbocycles. The number of nitrogens with one attached hydrogen (secondary N) is 3. The summed E-state index contributed by atoms with van der Waals surface area (Å²) in [6, 6.07) is 11.2. The number of rotatable bonds is 4. The first-order valence-electron chi connectivity index (χ1n) is 7.76. The fourth-order valence-corrected chi connectivity index (χ4v) is 3.25. The maximum Gasteiger partial charge on any atom is 0.322 e. The Kier molecular flexibility index (Phi) is 4.89. The molecule has 1 aliphatic heterocycles.